The Hall–Kier alpha value is -2.82. The van der Waals surface area contributed by atoms with E-state index in [4.69, 9.17) is 9.47 Å². The number of methoxy groups -OCH3 is 1. The zero-order chi connectivity index (χ0) is 20.5. The summed E-state index contributed by atoms with van der Waals surface area (Å²) < 4.78 is 13.0. The Kier molecular flexibility index (Phi) is 9.39. The highest BCUT2D eigenvalue weighted by molar-refractivity contribution is 14.0. The number of para-hydroxylation sites is 2. The van der Waals surface area contributed by atoms with Crippen molar-refractivity contribution in [3.05, 3.63) is 66.7 Å². The Morgan fingerprint density at radius 3 is 2.47 bits per heavy atom. The number of rotatable bonds is 8. The van der Waals surface area contributed by atoms with Gasteiger partial charge in [-0.1, -0.05) is 24.3 Å². The molecule has 1 unspecified atom stereocenters. The number of aliphatic imine (C=N–C) groups is 1. The van der Waals surface area contributed by atoms with E-state index in [1.165, 1.54) is 6.33 Å². The van der Waals surface area contributed by atoms with Crippen LogP contribution in [0, 0.1) is 0 Å². The monoisotopic (exact) mass is 522 g/mol. The maximum Gasteiger partial charge on any atom is 0.191 e. The van der Waals surface area contributed by atoms with Gasteiger partial charge in [0.15, 0.2) is 17.5 Å². The van der Waals surface area contributed by atoms with Gasteiger partial charge in [0.05, 0.1) is 19.3 Å². The summed E-state index contributed by atoms with van der Waals surface area (Å²) in [6, 6.07) is 15.7. The average molecular weight is 522 g/mol. The molecular formula is C21H27IN6O2. The van der Waals surface area contributed by atoms with Crippen molar-refractivity contribution >= 4 is 29.9 Å². The van der Waals surface area contributed by atoms with E-state index in [0.717, 1.165) is 22.7 Å². The molecule has 160 valence electrons. The van der Waals surface area contributed by atoms with Gasteiger partial charge in [-0.3, -0.25) is 4.99 Å². The molecule has 0 radical (unpaired) electrons. The van der Waals surface area contributed by atoms with Crippen molar-refractivity contribution < 1.29 is 9.47 Å². The van der Waals surface area contributed by atoms with Crippen molar-refractivity contribution in [3.8, 4) is 17.2 Å². The van der Waals surface area contributed by atoms with E-state index >= 15 is 0 Å². The first-order valence-electron chi connectivity index (χ1n) is 9.37. The van der Waals surface area contributed by atoms with Gasteiger partial charge < -0.3 is 20.1 Å². The Bertz CT molecular complexity index is 916. The van der Waals surface area contributed by atoms with Crippen LogP contribution >= 0.6 is 24.0 Å². The van der Waals surface area contributed by atoms with Crippen LogP contribution in [0.4, 0.5) is 0 Å². The first-order valence-corrected chi connectivity index (χ1v) is 9.37. The molecule has 0 bridgehead atoms. The quantitative estimate of drug-likeness (QED) is 0.269. The van der Waals surface area contributed by atoms with Crippen molar-refractivity contribution in [2.24, 2.45) is 4.99 Å². The normalized spacial score (nSPS) is 11.9. The fourth-order valence-electron chi connectivity index (χ4n) is 2.73. The largest absolute Gasteiger partial charge is 0.493 e. The molecule has 0 aliphatic rings. The molecule has 1 heterocycles. The minimum absolute atomic E-state index is 0. The molecule has 1 atom stereocenters. The lowest BCUT2D eigenvalue weighted by Crippen LogP contribution is -2.41. The molecule has 0 aliphatic carbocycles. The number of benzene rings is 2. The minimum Gasteiger partial charge on any atom is -0.493 e. The lowest BCUT2D eigenvalue weighted by atomic mass is 10.2. The van der Waals surface area contributed by atoms with Gasteiger partial charge in [-0.15, -0.1) is 24.0 Å². The van der Waals surface area contributed by atoms with Gasteiger partial charge >= 0.3 is 0 Å². The van der Waals surface area contributed by atoms with Gasteiger partial charge in [0, 0.05) is 13.6 Å². The number of hydrogen-bond acceptors (Lipinski definition) is 5. The highest BCUT2D eigenvalue weighted by atomic mass is 127. The van der Waals surface area contributed by atoms with Gasteiger partial charge in [-0.05, 0) is 36.8 Å². The van der Waals surface area contributed by atoms with Crippen LogP contribution in [0.1, 0.15) is 12.5 Å². The maximum absolute atomic E-state index is 5.96. The summed E-state index contributed by atoms with van der Waals surface area (Å²) in [5.41, 5.74) is 2.10. The summed E-state index contributed by atoms with van der Waals surface area (Å²) in [5.74, 6) is 2.15. The van der Waals surface area contributed by atoms with Crippen LogP contribution in [0.5, 0.6) is 11.5 Å². The summed E-state index contributed by atoms with van der Waals surface area (Å²) in [6.45, 7) is 3.25. The van der Waals surface area contributed by atoms with Crippen LogP contribution in [0.3, 0.4) is 0 Å². The second-order valence-corrected chi connectivity index (χ2v) is 6.39. The number of aromatic nitrogens is 3. The predicted octanol–water partition coefficient (Wildman–Crippen LogP) is 3.03. The van der Waals surface area contributed by atoms with E-state index < -0.39 is 0 Å². The second-order valence-electron chi connectivity index (χ2n) is 6.39. The summed E-state index contributed by atoms with van der Waals surface area (Å²) in [5, 5.41) is 10.7. The van der Waals surface area contributed by atoms with Crippen molar-refractivity contribution in [2.75, 3.05) is 20.7 Å². The standard InChI is InChI=1S/C21H26N6O2.HI/c1-16(29-20-7-5-4-6-19(20)28-3)12-24-21(22-2)25-13-17-8-10-18(11-9-17)27-15-23-14-26-27;/h4-11,14-16H,12-13H2,1-3H3,(H2,22,24,25);1H. The molecule has 2 aromatic carbocycles. The van der Waals surface area contributed by atoms with Crippen molar-refractivity contribution in [1.82, 2.24) is 25.4 Å². The van der Waals surface area contributed by atoms with Gasteiger partial charge in [0.1, 0.15) is 18.8 Å². The van der Waals surface area contributed by atoms with Crippen LogP contribution in [0.2, 0.25) is 0 Å². The van der Waals surface area contributed by atoms with E-state index in [2.05, 4.69) is 25.7 Å². The van der Waals surface area contributed by atoms with Crippen LogP contribution in [-0.2, 0) is 6.54 Å². The topological polar surface area (TPSA) is 85.6 Å². The third-order valence-electron chi connectivity index (χ3n) is 4.26. The van der Waals surface area contributed by atoms with Crippen molar-refractivity contribution in [3.63, 3.8) is 0 Å². The number of nitrogens with one attached hydrogen (secondary N) is 2. The first kappa shape index (κ1) is 23.5. The Morgan fingerprint density at radius 1 is 1.10 bits per heavy atom. The van der Waals surface area contributed by atoms with E-state index in [1.54, 1.807) is 25.2 Å². The van der Waals surface area contributed by atoms with Crippen molar-refractivity contribution in [1.29, 1.82) is 0 Å². The third kappa shape index (κ3) is 6.61. The SMILES string of the molecule is CN=C(NCc1ccc(-n2cncn2)cc1)NCC(C)Oc1ccccc1OC.I. The molecule has 3 aromatic rings. The van der Waals surface area contributed by atoms with Gasteiger partial charge in [-0.25, -0.2) is 9.67 Å². The smallest absolute Gasteiger partial charge is 0.191 e. The second kappa shape index (κ2) is 12.0. The third-order valence-corrected chi connectivity index (χ3v) is 4.26. The van der Waals surface area contributed by atoms with E-state index in [9.17, 15) is 0 Å². The number of ether oxygens (including phenoxy) is 2. The molecular weight excluding hydrogens is 495 g/mol. The molecule has 0 aliphatic heterocycles. The molecule has 0 saturated carbocycles. The number of halogens is 1. The molecule has 0 spiro atoms. The highest BCUT2D eigenvalue weighted by Crippen LogP contribution is 2.26. The lowest BCUT2D eigenvalue weighted by Gasteiger charge is -2.19. The fraction of sp³-hybridized carbons (Fsp3) is 0.286. The molecule has 0 fully saturated rings. The first-order chi connectivity index (χ1) is 14.2. The summed E-state index contributed by atoms with van der Waals surface area (Å²) in [4.78, 5) is 8.23. The molecule has 1 aromatic heterocycles. The minimum atomic E-state index is -0.0631. The molecule has 30 heavy (non-hydrogen) atoms. The zero-order valence-corrected chi connectivity index (χ0v) is 19.6. The van der Waals surface area contributed by atoms with Crippen LogP contribution in [0.15, 0.2) is 66.2 Å². The van der Waals surface area contributed by atoms with Gasteiger partial charge in [0.2, 0.25) is 0 Å². The number of hydrogen-bond donors (Lipinski definition) is 2. The molecule has 9 heteroatoms. The Labute approximate surface area is 193 Å². The molecule has 3 rings (SSSR count). The lowest BCUT2D eigenvalue weighted by molar-refractivity contribution is 0.213. The summed E-state index contributed by atoms with van der Waals surface area (Å²) in [7, 11) is 3.38. The average Bonchev–Trinajstić information content (AvgIpc) is 3.29. The van der Waals surface area contributed by atoms with Crippen LogP contribution in [-0.4, -0.2) is 47.5 Å². The number of nitrogens with zero attached hydrogens (tertiary/aromatic N) is 4. The predicted molar refractivity (Wildman–Crippen MR) is 128 cm³/mol. The van der Waals surface area contributed by atoms with Crippen LogP contribution < -0.4 is 20.1 Å². The molecule has 0 saturated heterocycles. The van der Waals surface area contributed by atoms with Gasteiger partial charge in [0.25, 0.3) is 0 Å². The zero-order valence-electron chi connectivity index (χ0n) is 17.3. The summed E-state index contributed by atoms with van der Waals surface area (Å²) >= 11 is 0. The van der Waals surface area contributed by atoms with E-state index in [1.807, 2.05) is 55.5 Å². The van der Waals surface area contributed by atoms with Gasteiger partial charge in [-0.2, -0.15) is 5.10 Å². The molecule has 2 N–H and O–H groups in total. The highest BCUT2D eigenvalue weighted by Gasteiger charge is 2.09. The maximum atomic E-state index is 5.96. The van der Waals surface area contributed by atoms with Crippen molar-refractivity contribution in [2.45, 2.75) is 19.6 Å². The molecule has 8 nitrogen and oxygen atoms in total. The Balaban J connectivity index is 0.00000320. The fourth-order valence-corrected chi connectivity index (χ4v) is 2.73. The van der Waals surface area contributed by atoms with E-state index in [0.29, 0.717) is 19.0 Å². The summed E-state index contributed by atoms with van der Waals surface area (Å²) in [6.07, 6.45) is 3.13. The van der Waals surface area contributed by atoms with E-state index in [-0.39, 0.29) is 30.1 Å². The number of guanidine groups is 1. The van der Waals surface area contributed by atoms with Crippen LogP contribution in [0.25, 0.3) is 5.69 Å². The molecule has 0 amide bonds. The Morgan fingerprint density at radius 2 is 1.83 bits per heavy atom.